The van der Waals surface area contributed by atoms with Crippen LogP contribution in [0.2, 0.25) is 0 Å². The zero-order chi connectivity index (χ0) is 17.8. The number of aryl methyl sites for hydroxylation is 1. The molecule has 132 valence electrons. The molecule has 7 nitrogen and oxygen atoms in total. The Labute approximate surface area is 146 Å². The Morgan fingerprint density at radius 2 is 2.04 bits per heavy atom. The van der Waals surface area contributed by atoms with E-state index in [0.29, 0.717) is 25.2 Å². The Balaban J connectivity index is 1.68. The molecule has 2 atom stereocenters. The van der Waals surface area contributed by atoms with Crippen LogP contribution in [0.3, 0.4) is 0 Å². The van der Waals surface area contributed by atoms with Crippen molar-refractivity contribution in [2.75, 3.05) is 13.1 Å². The van der Waals surface area contributed by atoms with Crippen LogP contribution in [0.5, 0.6) is 0 Å². The molecule has 1 aliphatic rings. The largest absolute Gasteiger partial charge is 0.457 e. The van der Waals surface area contributed by atoms with Crippen LogP contribution in [0.25, 0.3) is 0 Å². The molecule has 25 heavy (non-hydrogen) atoms. The molecule has 7 heteroatoms. The van der Waals surface area contributed by atoms with Crippen LogP contribution in [0, 0.1) is 5.92 Å². The summed E-state index contributed by atoms with van der Waals surface area (Å²) in [4.78, 5) is 30.2. The van der Waals surface area contributed by atoms with E-state index in [4.69, 9.17) is 10.5 Å². The highest BCUT2D eigenvalue weighted by molar-refractivity contribution is 5.89. The third kappa shape index (κ3) is 4.24. The first-order valence-corrected chi connectivity index (χ1v) is 8.26. The first kappa shape index (κ1) is 17.2. The second-order valence-corrected chi connectivity index (χ2v) is 6.39. The number of imidazole rings is 1. The maximum absolute atomic E-state index is 12.3. The van der Waals surface area contributed by atoms with Gasteiger partial charge in [-0.05, 0) is 12.1 Å². The van der Waals surface area contributed by atoms with Crippen LogP contribution >= 0.6 is 0 Å². The standard InChI is InChI=1S/C18H22N4O3/c1-21-8-7-20-17(21)12-22-10-14(9-16(19)23)15(11-22)25-18(24)13-5-3-2-4-6-13/h2-8,14-15H,9-12H2,1H3,(H2,19,23)/t14-,15+/m0/s1. The molecule has 0 radical (unpaired) electrons. The Kier molecular flexibility index (Phi) is 5.14. The number of nitrogens with zero attached hydrogens (tertiary/aromatic N) is 3. The van der Waals surface area contributed by atoms with Gasteiger partial charge in [0.25, 0.3) is 0 Å². The van der Waals surface area contributed by atoms with E-state index >= 15 is 0 Å². The molecule has 0 bridgehead atoms. The fourth-order valence-corrected chi connectivity index (χ4v) is 3.17. The maximum atomic E-state index is 12.3. The average molecular weight is 342 g/mol. The summed E-state index contributed by atoms with van der Waals surface area (Å²) in [5.74, 6) is 0.0572. The van der Waals surface area contributed by atoms with Crippen LogP contribution < -0.4 is 5.73 Å². The van der Waals surface area contributed by atoms with Gasteiger partial charge in [-0.25, -0.2) is 9.78 Å². The molecule has 1 saturated heterocycles. The minimum Gasteiger partial charge on any atom is -0.457 e. The zero-order valence-electron chi connectivity index (χ0n) is 14.2. The van der Waals surface area contributed by atoms with E-state index in [1.54, 1.807) is 30.5 Å². The number of ether oxygens (including phenoxy) is 1. The van der Waals surface area contributed by atoms with Gasteiger partial charge in [-0.15, -0.1) is 0 Å². The number of benzene rings is 1. The van der Waals surface area contributed by atoms with Gasteiger partial charge in [-0.2, -0.15) is 0 Å². The molecule has 3 rings (SSSR count). The number of aromatic nitrogens is 2. The number of likely N-dealkylation sites (tertiary alicyclic amines) is 1. The van der Waals surface area contributed by atoms with Gasteiger partial charge in [-0.3, -0.25) is 9.69 Å². The molecule has 0 spiro atoms. The number of primary amides is 1. The lowest BCUT2D eigenvalue weighted by Crippen LogP contribution is -2.29. The van der Waals surface area contributed by atoms with Crippen molar-refractivity contribution >= 4 is 11.9 Å². The molecule has 0 saturated carbocycles. The van der Waals surface area contributed by atoms with Gasteiger partial charge >= 0.3 is 5.97 Å². The fraction of sp³-hybridized carbons (Fsp3) is 0.389. The molecule has 1 fully saturated rings. The lowest BCUT2D eigenvalue weighted by Gasteiger charge is -2.18. The van der Waals surface area contributed by atoms with E-state index in [1.807, 2.05) is 23.9 Å². The second kappa shape index (κ2) is 7.48. The third-order valence-electron chi connectivity index (χ3n) is 4.47. The van der Waals surface area contributed by atoms with Gasteiger partial charge in [0.05, 0.1) is 12.1 Å². The van der Waals surface area contributed by atoms with E-state index in [2.05, 4.69) is 9.88 Å². The van der Waals surface area contributed by atoms with Gasteiger partial charge in [0.2, 0.25) is 5.91 Å². The highest BCUT2D eigenvalue weighted by Gasteiger charge is 2.36. The van der Waals surface area contributed by atoms with Crippen molar-refractivity contribution < 1.29 is 14.3 Å². The van der Waals surface area contributed by atoms with Crippen LogP contribution in [0.4, 0.5) is 0 Å². The van der Waals surface area contributed by atoms with Gasteiger partial charge < -0.3 is 15.0 Å². The van der Waals surface area contributed by atoms with Crippen LogP contribution in [-0.4, -0.2) is 45.5 Å². The first-order chi connectivity index (χ1) is 12.0. The molecular weight excluding hydrogens is 320 g/mol. The summed E-state index contributed by atoms with van der Waals surface area (Å²) in [6.07, 6.45) is 3.47. The lowest BCUT2D eigenvalue weighted by atomic mass is 10.0. The van der Waals surface area contributed by atoms with Gasteiger partial charge in [0.15, 0.2) is 0 Å². The number of rotatable bonds is 6. The SMILES string of the molecule is Cn1ccnc1CN1C[C@H](CC(N)=O)[C@H](OC(=O)c2ccccc2)C1. The molecule has 2 heterocycles. The van der Waals surface area contributed by atoms with Crippen molar-refractivity contribution in [1.82, 2.24) is 14.5 Å². The number of hydrogen-bond acceptors (Lipinski definition) is 5. The Hall–Kier alpha value is -2.67. The zero-order valence-corrected chi connectivity index (χ0v) is 14.2. The topological polar surface area (TPSA) is 90.5 Å². The van der Waals surface area contributed by atoms with Gasteiger partial charge in [0.1, 0.15) is 11.9 Å². The highest BCUT2D eigenvalue weighted by atomic mass is 16.5. The minimum absolute atomic E-state index is 0.106. The Morgan fingerprint density at radius 1 is 1.28 bits per heavy atom. The number of nitrogens with two attached hydrogens (primary N) is 1. The monoisotopic (exact) mass is 342 g/mol. The van der Waals surface area contributed by atoms with Crippen molar-refractivity contribution in [1.29, 1.82) is 0 Å². The minimum atomic E-state index is -0.385. The number of esters is 1. The van der Waals surface area contributed by atoms with Crippen molar-refractivity contribution in [3.63, 3.8) is 0 Å². The third-order valence-corrected chi connectivity index (χ3v) is 4.47. The van der Waals surface area contributed by atoms with Gasteiger partial charge in [-0.1, -0.05) is 18.2 Å². The van der Waals surface area contributed by atoms with Crippen molar-refractivity contribution in [2.24, 2.45) is 18.7 Å². The summed E-state index contributed by atoms with van der Waals surface area (Å²) in [6.45, 7) is 1.84. The fourth-order valence-electron chi connectivity index (χ4n) is 3.17. The second-order valence-electron chi connectivity index (χ2n) is 6.39. The molecule has 0 unspecified atom stereocenters. The Bertz CT molecular complexity index is 744. The summed E-state index contributed by atoms with van der Waals surface area (Å²) in [5, 5.41) is 0. The molecule has 1 aromatic carbocycles. The Morgan fingerprint density at radius 3 is 2.68 bits per heavy atom. The van der Waals surface area contributed by atoms with E-state index in [9.17, 15) is 9.59 Å². The number of amides is 1. The predicted octanol–water partition coefficient (Wildman–Crippen LogP) is 0.953. The molecule has 1 amide bonds. The molecule has 0 aliphatic carbocycles. The van der Waals surface area contributed by atoms with E-state index in [-0.39, 0.29) is 30.3 Å². The van der Waals surface area contributed by atoms with E-state index in [1.165, 1.54) is 0 Å². The van der Waals surface area contributed by atoms with E-state index in [0.717, 1.165) is 5.82 Å². The predicted molar refractivity (Wildman–Crippen MR) is 91.4 cm³/mol. The molecule has 2 N–H and O–H groups in total. The van der Waals surface area contributed by atoms with Gasteiger partial charge in [0, 0.05) is 44.9 Å². The normalized spacial score (nSPS) is 20.5. The van der Waals surface area contributed by atoms with Crippen LogP contribution in [-0.2, 0) is 23.1 Å². The van der Waals surface area contributed by atoms with Crippen LogP contribution in [0.1, 0.15) is 22.6 Å². The number of carbonyl (C=O) groups excluding carboxylic acids is 2. The maximum Gasteiger partial charge on any atom is 0.338 e. The molecule has 1 aliphatic heterocycles. The van der Waals surface area contributed by atoms with Crippen molar-refractivity contribution in [2.45, 2.75) is 19.1 Å². The smallest absolute Gasteiger partial charge is 0.338 e. The quantitative estimate of drug-likeness (QED) is 0.790. The summed E-state index contributed by atoms with van der Waals surface area (Å²) in [7, 11) is 1.94. The summed E-state index contributed by atoms with van der Waals surface area (Å²) in [5.41, 5.74) is 5.87. The number of carbonyl (C=O) groups is 2. The number of hydrogen-bond donors (Lipinski definition) is 1. The van der Waals surface area contributed by atoms with Crippen molar-refractivity contribution in [3.8, 4) is 0 Å². The molecule has 2 aromatic rings. The molecule has 1 aromatic heterocycles. The van der Waals surface area contributed by atoms with E-state index < -0.39 is 0 Å². The van der Waals surface area contributed by atoms with Crippen LogP contribution in [0.15, 0.2) is 42.7 Å². The highest BCUT2D eigenvalue weighted by Crippen LogP contribution is 2.25. The van der Waals surface area contributed by atoms with Crippen molar-refractivity contribution in [3.05, 3.63) is 54.1 Å². The lowest BCUT2D eigenvalue weighted by molar-refractivity contribution is -0.119. The summed E-state index contributed by atoms with van der Waals surface area (Å²) >= 11 is 0. The average Bonchev–Trinajstić information content (AvgIpc) is 3.15. The first-order valence-electron chi connectivity index (χ1n) is 8.26. The summed E-state index contributed by atoms with van der Waals surface area (Å²) < 4.78 is 7.63. The molecular formula is C18H22N4O3. The summed E-state index contributed by atoms with van der Waals surface area (Å²) in [6, 6.07) is 8.86.